The average molecular weight is 556 g/mol. The first kappa shape index (κ1) is 28.0. The SMILES string of the molecule is CCCCC[C@H](C)Nc1ncc2c(-c3ccc(S(=O)(=O)C4CNCCO4)cc3)cc(C3CCC(O)CC3)n2n1. The number of nitrogens with one attached hydrogen (secondary N) is 2. The van der Waals surface area contributed by atoms with Gasteiger partial charge in [-0.15, -0.1) is 5.10 Å². The van der Waals surface area contributed by atoms with Crippen LogP contribution in [0.25, 0.3) is 16.6 Å². The third kappa shape index (κ3) is 6.29. The summed E-state index contributed by atoms with van der Waals surface area (Å²) < 4.78 is 33.7. The average Bonchev–Trinajstić information content (AvgIpc) is 3.33. The van der Waals surface area contributed by atoms with Gasteiger partial charge in [0.15, 0.2) is 5.44 Å². The molecule has 39 heavy (non-hydrogen) atoms. The third-order valence-electron chi connectivity index (χ3n) is 8.01. The predicted octanol–water partition coefficient (Wildman–Crippen LogP) is 4.52. The van der Waals surface area contributed by atoms with Gasteiger partial charge in [-0.3, -0.25) is 0 Å². The largest absolute Gasteiger partial charge is 0.393 e. The molecule has 0 bridgehead atoms. The number of anilines is 1. The van der Waals surface area contributed by atoms with E-state index in [1.165, 1.54) is 19.3 Å². The van der Waals surface area contributed by atoms with Crippen molar-refractivity contribution >= 4 is 21.3 Å². The highest BCUT2D eigenvalue weighted by Gasteiger charge is 2.30. The van der Waals surface area contributed by atoms with Crippen LogP contribution in [-0.2, 0) is 14.6 Å². The Balaban J connectivity index is 1.46. The van der Waals surface area contributed by atoms with E-state index in [1.54, 1.807) is 12.1 Å². The van der Waals surface area contributed by atoms with Crippen molar-refractivity contribution in [1.29, 1.82) is 0 Å². The zero-order valence-corrected chi connectivity index (χ0v) is 23.8. The summed E-state index contributed by atoms with van der Waals surface area (Å²) in [6, 6.07) is 9.48. The molecule has 1 saturated carbocycles. The first-order chi connectivity index (χ1) is 18.9. The topological polar surface area (TPSA) is 118 Å². The Labute approximate surface area is 231 Å². The highest BCUT2D eigenvalue weighted by atomic mass is 32.2. The monoisotopic (exact) mass is 555 g/mol. The van der Waals surface area contributed by atoms with Gasteiger partial charge in [-0.25, -0.2) is 17.9 Å². The molecule has 2 aromatic heterocycles. The lowest BCUT2D eigenvalue weighted by Crippen LogP contribution is -2.42. The lowest BCUT2D eigenvalue weighted by molar-refractivity contribution is 0.0785. The molecular weight excluding hydrogens is 514 g/mol. The van der Waals surface area contributed by atoms with Crippen molar-refractivity contribution in [2.24, 2.45) is 0 Å². The van der Waals surface area contributed by atoms with E-state index in [1.807, 2.05) is 22.8 Å². The number of hydrogen-bond donors (Lipinski definition) is 3. The van der Waals surface area contributed by atoms with Gasteiger partial charge in [0.25, 0.3) is 0 Å². The van der Waals surface area contributed by atoms with E-state index < -0.39 is 15.3 Å². The Kier molecular flexibility index (Phi) is 8.86. The normalized spacial score (nSPS) is 23.1. The summed E-state index contributed by atoms with van der Waals surface area (Å²) in [5.74, 6) is 0.892. The highest BCUT2D eigenvalue weighted by molar-refractivity contribution is 7.92. The number of aromatic nitrogens is 3. The lowest BCUT2D eigenvalue weighted by atomic mass is 9.85. The number of ether oxygens (including phenoxy) is 1. The van der Waals surface area contributed by atoms with Crippen molar-refractivity contribution < 1.29 is 18.3 Å². The van der Waals surface area contributed by atoms with Crippen LogP contribution in [0.15, 0.2) is 41.4 Å². The molecule has 0 spiro atoms. The van der Waals surface area contributed by atoms with Crippen molar-refractivity contribution in [2.45, 2.75) is 93.6 Å². The molecular formula is C29H41N5O4S. The van der Waals surface area contributed by atoms with Crippen LogP contribution < -0.4 is 10.6 Å². The predicted molar refractivity (Wildman–Crippen MR) is 153 cm³/mol. The van der Waals surface area contributed by atoms with E-state index in [-0.39, 0.29) is 23.0 Å². The standard InChI is InChI=1S/C29H41N5O4S/c1-3-4-5-6-20(2)32-29-31-18-27-25(17-26(34(27)33-29)22-7-11-23(35)12-8-22)21-9-13-24(14-10-21)39(36,37)28-19-30-15-16-38-28/h9-10,13-14,17-18,20,22-23,28,30,35H,3-8,11-12,15-16,19H2,1-2H3,(H,32,33)/t20-,22?,23?,28?/m0/s1. The van der Waals surface area contributed by atoms with Gasteiger partial charge in [0, 0.05) is 36.3 Å². The summed E-state index contributed by atoms with van der Waals surface area (Å²) in [6.07, 6.45) is 9.64. The van der Waals surface area contributed by atoms with Crippen LogP contribution in [0.2, 0.25) is 0 Å². The number of hydrogen-bond acceptors (Lipinski definition) is 8. The fraction of sp³-hybridized carbons (Fsp3) is 0.586. The summed E-state index contributed by atoms with van der Waals surface area (Å²) in [7, 11) is -3.59. The first-order valence-corrected chi connectivity index (χ1v) is 15.9. The Bertz CT molecular complexity index is 1340. The van der Waals surface area contributed by atoms with Gasteiger partial charge >= 0.3 is 0 Å². The minimum absolute atomic E-state index is 0.236. The molecule has 1 saturated heterocycles. The number of benzene rings is 1. The van der Waals surface area contributed by atoms with Gasteiger partial charge in [0.2, 0.25) is 15.8 Å². The van der Waals surface area contributed by atoms with E-state index in [9.17, 15) is 13.5 Å². The van der Waals surface area contributed by atoms with Gasteiger partial charge in [-0.05, 0) is 62.8 Å². The highest BCUT2D eigenvalue weighted by Crippen LogP contribution is 2.38. The fourth-order valence-electron chi connectivity index (χ4n) is 5.68. The molecule has 1 aromatic carbocycles. The molecule has 9 nitrogen and oxygen atoms in total. The molecule has 1 aliphatic heterocycles. The molecule has 0 amide bonds. The van der Waals surface area contributed by atoms with Crippen LogP contribution in [-0.4, -0.2) is 65.4 Å². The second kappa shape index (κ2) is 12.3. The summed E-state index contributed by atoms with van der Waals surface area (Å²) in [6.45, 7) is 5.70. The molecule has 1 unspecified atom stereocenters. The smallest absolute Gasteiger partial charge is 0.241 e. The van der Waals surface area contributed by atoms with E-state index >= 15 is 0 Å². The zero-order chi connectivity index (χ0) is 27.4. The number of rotatable bonds is 10. The van der Waals surface area contributed by atoms with Gasteiger partial charge in [-0.1, -0.05) is 38.3 Å². The molecule has 2 aliphatic rings. The minimum atomic E-state index is -3.59. The maximum atomic E-state index is 13.1. The second-order valence-electron chi connectivity index (χ2n) is 11.0. The van der Waals surface area contributed by atoms with Crippen LogP contribution in [0.4, 0.5) is 5.95 Å². The van der Waals surface area contributed by atoms with E-state index in [4.69, 9.17) is 9.84 Å². The van der Waals surface area contributed by atoms with Crippen LogP contribution in [0.3, 0.4) is 0 Å². The van der Waals surface area contributed by atoms with E-state index in [2.05, 4.69) is 35.5 Å². The number of fused-ring (bicyclic) bond motifs is 1. The summed E-state index contributed by atoms with van der Waals surface area (Å²) in [5, 5.41) is 21.6. The zero-order valence-electron chi connectivity index (χ0n) is 23.0. The molecule has 1 aliphatic carbocycles. The second-order valence-corrected chi connectivity index (χ2v) is 13.1. The molecule has 212 valence electrons. The Morgan fingerprint density at radius 3 is 2.64 bits per heavy atom. The molecule has 0 radical (unpaired) electrons. The number of morpholine rings is 1. The third-order valence-corrected chi connectivity index (χ3v) is 9.93. The molecule has 3 aromatic rings. The number of nitrogens with zero attached hydrogens (tertiary/aromatic N) is 3. The van der Waals surface area contributed by atoms with Crippen LogP contribution in [0.5, 0.6) is 0 Å². The Hall–Kier alpha value is -2.53. The van der Waals surface area contributed by atoms with Crippen molar-refractivity contribution in [3.63, 3.8) is 0 Å². The summed E-state index contributed by atoms with van der Waals surface area (Å²) in [4.78, 5) is 4.90. The van der Waals surface area contributed by atoms with Gasteiger partial charge in [-0.2, -0.15) is 0 Å². The fourth-order valence-corrected chi connectivity index (χ4v) is 7.12. The molecule has 3 heterocycles. The number of aliphatic hydroxyl groups excluding tert-OH is 1. The number of sulfone groups is 1. The quantitative estimate of drug-likeness (QED) is 0.313. The maximum Gasteiger partial charge on any atom is 0.241 e. The van der Waals surface area contributed by atoms with E-state index in [0.29, 0.717) is 25.6 Å². The van der Waals surface area contributed by atoms with Crippen LogP contribution in [0.1, 0.15) is 76.8 Å². The van der Waals surface area contributed by atoms with Crippen molar-refractivity contribution in [1.82, 2.24) is 19.9 Å². The van der Waals surface area contributed by atoms with Crippen LogP contribution >= 0.6 is 0 Å². The van der Waals surface area contributed by atoms with Gasteiger partial charge in [0.1, 0.15) is 0 Å². The molecule has 2 fully saturated rings. The molecule has 3 N–H and O–H groups in total. The lowest BCUT2D eigenvalue weighted by Gasteiger charge is -2.25. The van der Waals surface area contributed by atoms with E-state index in [0.717, 1.165) is 54.4 Å². The summed E-state index contributed by atoms with van der Waals surface area (Å²) >= 11 is 0. The Morgan fingerprint density at radius 2 is 1.95 bits per heavy atom. The molecule has 10 heteroatoms. The van der Waals surface area contributed by atoms with Crippen LogP contribution in [0, 0.1) is 0 Å². The minimum Gasteiger partial charge on any atom is -0.393 e. The summed E-state index contributed by atoms with van der Waals surface area (Å²) in [5.41, 5.74) is 3.00. The Morgan fingerprint density at radius 1 is 1.18 bits per heavy atom. The number of aliphatic hydroxyl groups is 1. The number of unbranched alkanes of at least 4 members (excludes halogenated alkanes) is 2. The van der Waals surface area contributed by atoms with Crippen molar-refractivity contribution in [2.75, 3.05) is 25.0 Å². The van der Waals surface area contributed by atoms with Gasteiger partial charge < -0.3 is 20.5 Å². The van der Waals surface area contributed by atoms with Crippen molar-refractivity contribution in [3.05, 3.63) is 42.2 Å². The maximum absolute atomic E-state index is 13.1. The molecule has 5 rings (SSSR count). The van der Waals surface area contributed by atoms with Gasteiger partial charge in [0.05, 0.1) is 29.3 Å². The first-order valence-electron chi connectivity index (χ1n) is 14.4. The molecule has 2 atom stereocenters. The van der Waals surface area contributed by atoms with Crippen molar-refractivity contribution in [3.8, 4) is 11.1 Å².